The van der Waals surface area contributed by atoms with Gasteiger partial charge in [0.15, 0.2) is 5.03 Å². The number of aromatic nitrogens is 1. The first-order valence-electron chi connectivity index (χ1n) is 5.71. The molecule has 0 aliphatic carbocycles. The van der Waals surface area contributed by atoms with Gasteiger partial charge in [-0.15, -0.1) is 0 Å². The van der Waals surface area contributed by atoms with Crippen LogP contribution in [0.4, 0.5) is 5.69 Å². The van der Waals surface area contributed by atoms with Crippen molar-refractivity contribution >= 4 is 15.7 Å². The van der Waals surface area contributed by atoms with Crippen LogP contribution >= 0.6 is 0 Å². The van der Waals surface area contributed by atoms with Crippen LogP contribution in [0.5, 0.6) is 0 Å². The lowest BCUT2D eigenvalue weighted by Crippen LogP contribution is -2.31. The molecule has 0 unspecified atom stereocenters. The molecule has 0 saturated carbocycles. The quantitative estimate of drug-likeness (QED) is 0.743. The smallest absolute Gasteiger partial charge is 0.262 e. The Balaban J connectivity index is 2.91. The van der Waals surface area contributed by atoms with Crippen molar-refractivity contribution in [3.05, 3.63) is 18.3 Å². The van der Waals surface area contributed by atoms with Crippen molar-refractivity contribution in [2.24, 2.45) is 0 Å². The van der Waals surface area contributed by atoms with E-state index in [1.165, 1.54) is 17.5 Å². The van der Waals surface area contributed by atoms with Crippen molar-refractivity contribution in [2.75, 3.05) is 39.2 Å². The number of nitrogens with zero attached hydrogens (tertiary/aromatic N) is 2. The van der Waals surface area contributed by atoms with Crippen molar-refractivity contribution in [1.29, 1.82) is 0 Å². The van der Waals surface area contributed by atoms with Crippen molar-refractivity contribution in [2.45, 2.75) is 11.9 Å². The molecule has 0 aliphatic heterocycles. The monoisotopic (exact) mass is 273 g/mol. The van der Waals surface area contributed by atoms with Crippen LogP contribution in [0.1, 0.15) is 6.92 Å². The molecule has 1 aromatic heterocycles. The maximum absolute atomic E-state index is 12.3. The van der Waals surface area contributed by atoms with Gasteiger partial charge in [0.05, 0.1) is 12.3 Å². The second-order valence-corrected chi connectivity index (χ2v) is 5.59. The molecule has 1 N–H and O–H groups in total. The van der Waals surface area contributed by atoms with Gasteiger partial charge in [0.1, 0.15) is 0 Å². The molecule has 0 bridgehead atoms. The molecule has 7 heteroatoms. The third-order valence-corrected chi connectivity index (χ3v) is 4.27. The number of ether oxygens (including phenoxy) is 1. The van der Waals surface area contributed by atoms with Crippen LogP contribution in [0.15, 0.2) is 23.4 Å². The van der Waals surface area contributed by atoms with Gasteiger partial charge in [0.2, 0.25) is 0 Å². The predicted octanol–water partition coefficient (Wildman–Crippen LogP) is 0.780. The molecule has 102 valence electrons. The van der Waals surface area contributed by atoms with Gasteiger partial charge in [0, 0.05) is 33.4 Å². The van der Waals surface area contributed by atoms with Gasteiger partial charge in [-0.05, 0) is 19.1 Å². The van der Waals surface area contributed by atoms with Gasteiger partial charge in [-0.25, -0.2) is 13.4 Å². The molecule has 0 saturated heterocycles. The van der Waals surface area contributed by atoms with Gasteiger partial charge < -0.3 is 10.1 Å². The molecule has 0 radical (unpaired) electrons. The second kappa shape index (κ2) is 6.67. The summed E-state index contributed by atoms with van der Waals surface area (Å²) < 4.78 is 30.9. The Hall–Kier alpha value is -1.18. The van der Waals surface area contributed by atoms with Crippen LogP contribution in [-0.2, 0) is 14.8 Å². The summed E-state index contributed by atoms with van der Waals surface area (Å²) in [5, 5.41) is 2.86. The maximum Gasteiger partial charge on any atom is 0.262 e. The second-order valence-electron chi connectivity index (χ2n) is 3.63. The Morgan fingerprint density at radius 3 is 2.83 bits per heavy atom. The largest absolute Gasteiger partial charge is 0.386 e. The number of pyridine rings is 1. The zero-order valence-electron chi connectivity index (χ0n) is 10.9. The van der Waals surface area contributed by atoms with Gasteiger partial charge >= 0.3 is 0 Å². The predicted molar refractivity (Wildman–Crippen MR) is 70.1 cm³/mol. The molecular formula is C11H19N3O3S. The van der Waals surface area contributed by atoms with E-state index in [0.717, 1.165) is 0 Å². The van der Waals surface area contributed by atoms with Crippen LogP contribution in [0.25, 0.3) is 0 Å². The summed E-state index contributed by atoms with van der Waals surface area (Å²) in [7, 11) is -0.403. The standard InChI is InChI=1S/C11H19N3O3S/c1-4-17-9-8-14(3)18(15,16)11-10(12-2)6-5-7-13-11/h5-7,12H,4,8-9H2,1-3H3. The Morgan fingerprint density at radius 1 is 1.50 bits per heavy atom. The first kappa shape index (κ1) is 14.9. The molecule has 1 rings (SSSR count). The highest BCUT2D eigenvalue weighted by atomic mass is 32.2. The minimum Gasteiger partial charge on any atom is -0.386 e. The zero-order chi connectivity index (χ0) is 13.6. The number of anilines is 1. The van der Waals surface area contributed by atoms with Crippen molar-refractivity contribution in [3.8, 4) is 0 Å². The Bertz CT molecular complexity index is 476. The molecule has 18 heavy (non-hydrogen) atoms. The number of likely N-dealkylation sites (N-methyl/N-ethyl adjacent to an activating group) is 1. The zero-order valence-corrected chi connectivity index (χ0v) is 11.7. The van der Waals surface area contributed by atoms with Crippen LogP contribution in [0.2, 0.25) is 0 Å². The van der Waals surface area contributed by atoms with E-state index in [-0.39, 0.29) is 5.03 Å². The maximum atomic E-state index is 12.3. The number of nitrogens with one attached hydrogen (secondary N) is 1. The highest BCUT2D eigenvalue weighted by Gasteiger charge is 2.24. The molecule has 1 aromatic rings. The Labute approximate surface area is 108 Å². The number of sulfonamides is 1. The summed E-state index contributed by atoms with van der Waals surface area (Å²) >= 11 is 0. The fourth-order valence-corrected chi connectivity index (χ4v) is 2.64. The van der Waals surface area contributed by atoms with Crippen LogP contribution in [0, 0.1) is 0 Å². The molecule has 1 heterocycles. The fourth-order valence-electron chi connectivity index (χ4n) is 1.39. The molecule has 0 aromatic carbocycles. The van der Waals surface area contributed by atoms with Crippen LogP contribution < -0.4 is 5.32 Å². The third kappa shape index (κ3) is 3.41. The lowest BCUT2D eigenvalue weighted by molar-refractivity contribution is 0.138. The van der Waals surface area contributed by atoms with Crippen molar-refractivity contribution < 1.29 is 13.2 Å². The van der Waals surface area contributed by atoms with Gasteiger partial charge in [0.25, 0.3) is 10.0 Å². The first-order valence-corrected chi connectivity index (χ1v) is 7.15. The summed E-state index contributed by atoms with van der Waals surface area (Å²) in [4.78, 5) is 3.94. The SMILES string of the molecule is CCOCCN(C)S(=O)(=O)c1ncccc1NC. The van der Waals surface area contributed by atoms with E-state index in [4.69, 9.17) is 4.74 Å². The average molecular weight is 273 g/mol. The van der Waals surface area contributed by atoms with E-state index in [0.29, 0.717) is 25.4 Å². The first-order chi connectivity index (χ1) is 8.54. The molecule has 0 amide bonds. The third-order valence-electron chi connectivity index (χ3n) is 2.45. The highest BCUT2D eigenvalue weighted by Crippen LogP contribution is 2.20. The minimum absolute atomic E-state index is 0.0338. The summed E-state index contributed by atoms with van der Waals surface area (Å²) in [6.45, 7) is 3.11. The van der Waals surface area contributed by atoms with Gasteiger partial charge in [-0.1, -0.05) is 0 Å². The summed E-state index contributed by atoms with van der Waals surface area (Å²) in [5.74, 6) is 0. The number of rotatable bonds is 7. The topological polar surface area (TPSA) is 71.5 Å². The van der Waals surface area contributed by atoms with E-state index in [9.17, 15) is 8.42 Å². The lowest BCUT2D eigenvalue weighted by Gasteiger charge is -2.18. The van der Waals surface area contributed by atoms with Crippen LogP contribution in [-0.4, -0.2) is 51.6 Å². The van der Waals surface area contributed by atoms with Gasteiger partial charge in [-0.3, -0.25) is 0 Å². The molecule has 0 fully saturated rings. The number of hydrogen-bond acceptors (Lipinski definition) is 5. The summed E-state index contributed by atoms with van der Waals surface area (Å²) in [5.41, 5.74) is 0.487. The average Bonchev–Trinajstić information content (AvgIpc) is 2.38. The fraction of sp³-hybridized carbons (Fsp3) is 0.545. The molecule has 6 nitrogen and oxygen atoms in total. The Morgan fingerprint density at radius 2 is 2.22 bits per heavy atom. The molecule has 0 atom stereocenters. The van der Waals surface area contributed by atoms with E-state index in [1.54, 1.807) is 19.2 Å². The lowest BCUT2D eigenvalue weighted by atomic mass is 10.4. The van der Waals surface area contributed by atoms with Crippen LogP contribution in [0.3, 0.4) is 0 Å². The van der Waals surface area contributed by atoms with E-state index in [2.05, 4.69) is 10.3 Å². The molecular weight excluding hydrogens is 254 g/mol. The minimum atomic E-state index is -3.58. The van der Waals surface area contributed by atoms with E-state index in [1.807, 2.05) is 6.92 Å². The van der Waals surface area contributed by atoms with E-state index < -0.39 is 10.0 Å². The number of hydrogen-bond donors (Lipinski definition) is 1. The van der Waals surface area contributed by atoms with Crippen molar-refractivity contribution in [3.63, 3.8) is 0 Å². The normalized spacial score (nSPS) is 11.8. The Kier molecular flexibility index (Phi) is 5.52. The molecule has 0 aliphatic rings. The van der Waals surface area contributed by atoms with E-state index >= 15 is 0 Å². The molecule has 0 spiro atoms. The van der Waals surface area contributed by atoms with Gasteiger partial charge in [-0.2, -0.15) is 4.31 Å². The van der Waals surface area contributed by atoms with Crippen molar-refractivity contribution in [1.82, 2.24) is 9.29 Å². The summed E-state index contributed by atoms with van der Waals surface area (Å²) in [6.07, 6.45) is 1.46. The summed E-state index contributed by atoms with van der Waals surface area (Å²) in [6, 6.07) is 3.36. The highest BCUT2D eigenvalue weighted by molar-refractivity contribution is 7.89.